The zero-order valence-corrected chi connectivity index (χ0v) is 13.8. The van der Waals surface area contributed by atoms with Gasteiger partial charge in [0.15, 0.2) is 5.96 Å². The van der Waals surface area contributed by atoms with Crippen LogP contribution < -0.4 is 15.8 Å². The number of nitrogens with one attached hydrogen (secondary N) is 2. The van der Waals surface area contributed by atoms with E-state index in [9.17, 15) is 8.42 Å². The van der Waals surface area contributed by atoms with E-state index in [1.807, 2.05) is 13.1 Å². The second-order valence-electron chi connectivity index (χ2n) is 4.91. The fourth-order valence-electron chi connectivity index (χ4n) is 1.95. The first kappa shape index (κ1) is 17.0. The first-order valence-corrected chi connectivity index (χ1v) is 8.48. The number of rotatable bonds is 5. The van der Waals surface area contributed by atoms with E-state index in [0.29, 0.717) is 19.0 Å². The minimum Gasteiger partial charge on any atom is -0.352 e. The molecule has 9 heteroatoms. The predicted octanol–water partition coefficient (Wildman–Crippen LogP) is -0.0673. The van der Waals surface area contributed by atoms with Crippen molar-refractivity contribution < 1.29 is 8.42 Å². The van der Waals surface area contributed by atoms with Gasteiger partial charge < -0.3 is 10.6 Å². The zero-order chi connectivity index (χ0) is 16.9. The van der Waals surface area contributed by atoms with Crippen molar-refractivity contribution in [2.75, 3.05) is 7.05 Å². The molecule has 0 unspecified atom stereocenters. The summed E-state index contributed by atoms with van der Waals surface area (Å²) in [5.41, 5.74) is 1.95. The van der Waals surface area contributed by atoms with Gasteiger partial charge in [-0.15, -0.1) is 0 Å². The molecule has 124 valence electrons. The molecular weight excluding hydrogens is 316 g/mol. The number of nitrogens with zero attached hydrogens (tertiary/aromatic N) is 3. The van der Waals surface area contributed by atoms with Crippen LogP contribution in [0.3, 0.4) is 0 Å². The molecule has 2 aromatic rings. The van der Waals surface area contributed by atoms with Gasteiger partial charge in [-0.1, -0.05) is 12.1 Å². The van der Waals surface area contributed by atoms with Crippen LogP contribution in [0.5, 0.6) is 0 Å². The number of nitrogens with two attached hydrogens (primary N) is 1. The summed E-state index contributed by atoms with van der Waals surface area (Å²) in [4.78, 5) is 4.24. The maximum Gasteiger partial charge on any atom is 0.238 e. The Bertz CT molecular complexity index is 780. The van der Waals surface area contributed by atoms with Crippen LogP contribution >= 0.6 is 0 Å². The number of aliphatic imine (C=N–C) groups is 1. The predicted molar refractivity (Wildman–Crippen MR) is 88.1 cm³/mol. The van der Waals surface area contributed by atoms with Gasteiger partial charge in [0.2, 0.25) is 10.0 Å². The van der Waals surface area contributed by atoms with E-state index < -0.39 is 10.0 Å². The molecule has 0 saturated carbocycles. The summed E-state index contributed by atoms with van der Waals surface area (Å²) >= 11 is 0. The summed E-state index contributed by atoms with van der Waals surface area (Å²) in [6, 6.07) is 8.31. The van der Waals surface area contributed by atoms with Crippen molar-refractivity contribution in [3.05, 3.63) is 47.8 Å². The highest BCUT2D eigenvalue weighted by atomic mass is 32.2. The Balaban J connectivity index is 1.89. The van der Waals surface area contributed by atoms with Crippen molar-refractivity contribution in [3.8, 4) is 0 Å². The molecule has 2 rings (SSSR count). The van der Waals surface area contributed by atoms with Crippen molar-refractivity contribution >= 4 is 16.0 Å². The minimum atomic E-state index is -3.66. The van der Waals surface area contributed by atoms with Crippen molar-refractivity contribution in [2.45, 2.75) is 18.0 Å². The molecule has 0 aliphatic rings. The zero-order valence-electron chi connectivity index (χ0n) is 13.0. The third kappa shape index (κ3) is 4.80. The van der Waals surface area contributed by atoms with Crippen molar-refractivity contribution in [1.82, 2.24) is 20.4 Å². The molecule has 0 aliphatic heterocycles. The molecule has 0 fully saturated rings. The number of aryl methyl sites for hydroxylation is 1. The van der Waals surface area contributed by atoms with Gasteiger partial charge in [-0.2, -0.15) is 5.10 Å². The van der Waals surface area contributed by atoms with E-state index in [4.69, 9.17) is 5.14 Å². The lowest BCUT2D eigenvalue weighted by atomic mass is 10.2. The lowest BCUT2D eigenvalue weighted by molar-refractivity contribution is 0.597. The molecule has 0 atom stereocenters. The Hall–Kier alpha value is -2.39. The van der Waals surface area contributed by atoms with Gasteiger partial charge in [-0.25, -0.2) is 13.6 Å². The molecule has 4 N–H and O–H groups in total. The minimum absolute atomic E-state index is 0.0972. The number of sulfonamides is 1. The Morgan fingerprint density at radius 2 is 1.87 bits per heavy atom. The lowest BCUT2D eigenvalue weighted by Gasteiger charge is -2.12. The molecule has 0 aliphatic carbocycles. The monoisotopic (exact) mass is 336 g/mol. The van der Waals surface area contributed by atoms with E-state index in [1.165, 1.54) is 12.1 Å². The van der Waals surface area contributed by atoms with E-state index in [-0.39, 0.29) is 4.90 Å². The van der Waals surface area contributed by atoms with Gasteiger partial charge in [-0.3, -0.25) is 9.67 Å². The maximum atomic E-state index is 11.2. The molecule has 0 bridgehead atoms. The second kappa shape index (κ2) is 7.25. The molecule has 1 aromatic carbocycles. The van der Waals surface area contributed by atoms with E-state index >= 15 is 0 Å². The smallest absolute Gasteiger partial charge is 0.238 e. The Morgan fingerprint density at radius 3 is 2.39 bits per heavy atom. The first-order chi connectivity index (χ1) is 10.9. The number of guanidine groups is 1. The van der Waals surface area contributed by atoms with E-state index in [1.54, 1.807) is 30.1 Å². The van der Waals surface area contributed by atoms with Crippen molar-refractivity contribution in [3.63, 3.8) is 0 Å². The molecule has 1 heterocycles. The molecule has 0 radical (unpaired) electrons. The Labute approximate surface area is 135 Å². The first-order valence-electron chi connectivity index (χ1n) is 6.93. The highest BCUT2D eigenvalue weighted by molar-refractivity contribution is 7.89. The maximum absolute atomic E-state index is 11.2. The highest BCUT2D eigenvalue weighted by Crippen LogP contribution is 2.08. The summed E-state index contributed by atoms with van der Waals surface area (Å²) in [6.45, 7) is 1.11. The summed E-state index contributed by atoms with van der Waals surface area (Å²) in [5, 5.41) is 15.5. The SMILES string of the molecule is CN=C(NCc1ccc(S(N)(=O)=O)cc1)NCc1ccnn1C. The van der Waals surface area contributed by atoms with Crippen LogP contribution in [-0.4, -0.2) is 31.2 Å². The van der Waals surface area contributed by atoms with Gasteiger partial charge in [0.25, 0.3) is 0 Å². The Kier molecular flexibility index (Phi) is 5.35. The average molecular weight is 336 g/mol. The second-order valence-corrected chi connectivity index (χ2v) is 6.48. The lowest BCUT2D eigenvalue weighted by Crippen LogP contribution is -2.36. The summed E-state index contributed by atoms with van der Waals surface area (Å²) in [6.07, 6.45) is 1.74. The van der Waals surface area contributed by atoms with Gasteiger partial charge >= 0.3 is 0 Å². The summed E-state index contributed by atoms with van der Waals surface area (Å²) in [7, 11) is -0.0996. The molecule has 23 heavy (non-hydrogen) atoms. The molecule has 1 aromatic heterocycles. The number of benzene rings is 1. The molecule has 0 saturated heterocycles. The van der Waals surface area contributed by atoms with Crippen LogP contribution in [0.2, 0.25) is 0 Å². The normalized spacial score (nSPS) is 12.2. The van der Waals surface area contributed by atoms with Crippen molar-refractivity contribution in [1.29, 1.82) is 0 Å². The van der Waals surface area contributed by atoms with Crippen LogP contribution in [0.4, 0.5) is 0 Å². The van der Waals surface area contributed by atoms with Gasteiger partial charge in [0.05, 0.1) is 17.1 Å². The fourth-order valence-corrected chi connectivity index (χ4v) is 2.47. The van der Waals surface area contributed by atoms with E-state index in [2.05, 4.69) is 20.7 Å². The summed E-state index contributed by atoms with van der Waals surface area (Å²) in [5.74, 6) is 0.640. The van der Waals surface area contributed by atoms with Crippen LogP contribution in [0, 0.1) is 0 Å². The molecular formula is C14H20N6O2S. The Morgan fingerprint density at radius 1 is 1.22 bits per heavy atom. The van der Waals surface area contributed by atoms with Gasteiger partial charge in [0.1, 0.15) is 0 Å². The van der Waals surface area contributed by atoms with Crippen LogP contribution in [0.1, 0.15) is 11.3 Å². The average Bonchev–Trinajstić information content (AvgIpc) is 2.92. The third-order valence-corrected chi connectivity index (χ3v) is 4.22. The standard InChI is InChI=1S/C14H20N6O2S/c1-16-14(18-10-12-7-8-19-20(12)2)17-9-11-3-5-13(6-4-11)23(15,21)22/h3-8H,9-10H2,1-2H3,(H2,15,21,22)(H2,16,17,18). The number of hydrogen-bond acceptors (Lipinski definition) is 4. The van der Waals surface area contributed by atoms with Gasteiger partial charge in [-0.05, 0) is 23.8 Å². The van der Waals surface area contributed by atoms with Crippen molar-refractivity contribution in [2.24, 2.45) is 17.2 Å². The molecule has 0 spiro atoms. The fraction of sp³-hybridized carbons (Fsp3) is 0.286. The van der Waals surface area contributed by atoms with Gasteiger partial charge in [0, 0.05) is 26.8 Å². The molecule has 8 nitrogen and oxygen atoms in total. The van der Waals surface area contributed by atoms with Crippen LogP contribution in [0.15, 0.2) is 46.4 Å². The number of aromatic nitrogens is 2. The largest absolute Gasteiger partial charge is 0.352 e. The molecule has 0 amide bonds. The number of hydrogen-bond donors (Lipinski definition) is 3. The quantitative estimate of drug-likeness (QED) is 0.522. The van der Waals surface area contributed by atoms with Crippen LogP contribution in [0.25, 0.3) is 0 Å². The highest BCUT2D eigenvalue weighted by Gasteiger charge is 2.07. The number of primary sulfonamides is 1. The third-order valence-electron chi connectivity index (χ3n) is 3.29. The van der Waals surface area contributed by atoms with Crippen LogP contribution in [-0.2, 0) is 30.2 Å². The topological polar surface area (TPSA) is 114 Å². The summed E-state index contributed by atoms with van der Waals surface area (Å²) < 4.78 is 24.2. The van der Waals surface area contributed by atoms with E-state index in [0.717, 1.165) is 11.3 Å².